The molecule has 0 spiro atoms. The number of fused-ring (bicyclic) bond motifs is 1. The summed E-state index contributed by atoms with van der Waals surface area (Å²) >= 11 is 0. The van der Waals surface area contributed by atoms with Crippen LogP contribution >= 0.6 is 0 Å². The first kappa shape index (κ1) is 17.5. The van der Waals surface area contributed by atoms with Gasteiger partial charge in [-0.05, 0) is 18.4 Å². The third kappa shape index (κ3) is 2.91. The summed E-state index contributed by atoms with van der Waals surface area (Å²) in [6, 6.07) is 8.76. The average molecular weight is 378 g/mol. The van der Waals surface area contributed by atoms with E-state index in [4.69, 9.17) is 5.11 Å². The Morgan fingerprint density at radius 3 is 2.35 bits per heavy atom. The number of sulfone groups is 1. The number of aliphatic carboxylic acids is 1. The van der Waals surface area contributed by atoms with Gasteiger partial charge in [-0.15, -0.1) is 0 Å². The SMILES string of the molecule is O=C(O)CN1CCN(C(=O)C2(c3ccccc3)CC2)[C@H]2CS(=O)(=O)C[C@H]21. The van der Waals surface area contributed by atoms with Crippen LogP contribution < -0.4 is 0 Å². The molecule has 0 radical (unpaired) electrons. The van der Waals surface area contributed by atoms with Crippen molar-refractivity contribution in [1.29, 1.82) is 0 Å². The third-order valence-electron chi connectivity index (χ3n) is 5.88. The Morgan fingerprint density at radius 1 is 1.08 bits per heavy atom. The number of nitrogens with zero attached hydrogens (tertiary/aromatic N) is 2. The Balaban J connectivity index is 1.61. The Morgan fingerprint density at radius 2 is 1.73 bits per heavy atom. The van der Waals surface area contributed by atoms with Crippen molar-refractivity contribution in [2.24, 2.45) is 0 Å². The monoisotopic (exact) mass is 378 g/mol. The van der Waals surface area contributed by atoms with E-state index in [2.05, 4.69) is 0 Å². The summed E-state index contributed by atoms with van der Waals surface area (Å²) in [5.74, 6) is -1.14. The summed E-state index contributed by atoms with van der Waals surface area (Å²) in [5, 5.41) is 9.11. The van der Waals surface area contributed by atoms with Crippen LogP contribution in [0.5, 0.6) is 0 Å². The van der Waals surface area contributed by atoms with Crippen molar-refractivity contribution in [2.75, 3.05) is 31.1 Å². The summed E-state index contributed by atoms with van der Waals surface area (Å²) in [6.45, 7) is 0.569. The number of rotatable bonds is 4. The highest BCUT2D eigenvalue weighted by Gasteiger charge is 2.57. The van der Waals surface area contributed by atoms with Crippen molar-refractivity contribution in [1.82, 2.24) is 9.80 Å². The largest absolute Gasteiger partial charge is 0.480 e. The van der Waals surface area contributed by atoms with E-state index in [0.717, 1.165) is 18.4 Å². The molecule has 7 nitrogen and oxygen atoms in total. The fraction of sp³-hybridized carbons (Fsp3) is 0.556. The van der Waals surface area contributed by atoms with Gasteiger partial charge in [0.15, 0.2) is 9.84 Å². The molecule has 1 amide bonds. The van der Waals surface area contributed by atoms with Gasteiger partial charge < -0.3 is 10.0 Å². The van der Waals surface area contributed by atoms with Gasteiger partial charge >= 0.3 is 5.97 Å². The molecule has 140 valence electrons. The van der Waals surface area contributed by atoms with Gasteiger partial charge in [-0.1, -0.05) is 30.3 Å². The van der Waals surface area contributed by atoms with Crippen molar-refractivity contribution in [3.05, 3.63) is 35.9 Å². The van der Waals surface area contributed by atoms with Crippen molar-refractivity contribution in [3.8, 4) is 0 Å². The van der Waals surface area contributed by atoms with Crippen LogP contribution in [0.2, 0.25) is 0 Å². The van der Waals surface area contributed by atoms with E-state index in [0.29, 0.717) is 13.1 Å². The number of piperazine rings is 1. The van der Waals surface area contributed by atoms with E-state index in [9.17, 15) is 18.0 Å². The minimum atomic E-state index is -3.28. The van der Waals surface area contributed by atoms with Crippen LogP contribution in [0.1, 0.15) is 18.4 Å². The zero-order chi connectivity index (χ0) is 18.5. The molecule has 8 heteroatoms. The number of amides is 1. The lowest BCUT2D eigenvalue weighted by molar-refractivity contribution is -0.143. The second kappa shape index (κ2) is 6.06. The van der Waals surface area contributed by atoms with Crippen molar-refractivity contribution >= 4 is 21.7 Å². The maximum Gasteiger partial charge on any atom is 0.317 e. The molecule has 2 heterocycles. The van der Waals surface area contributed by atoms with Crippen molar-refractivity contribution in [3.63, 3.8) is 0 Å². The molecule has 3 fully saturated rings. The predicted molar refractivity (Wildman–Crippen MR) is 94.5 cm³/mol. The Bertz CT molecular complexity index is 834. The lowest BCUT2D eigenvalue weighted by Crippen LogP contribution is -2.62. The molecule has 0 bridgehead atoms. The van der Waals surface area contributed by atoms with Gasteiger partial charge in [-0.3, -0.25) is 14.5 Å². The molecule has 0 aromatic heterocycles. The van der Waals surface area contributed by atoms with Crippen LogP contribution in [0.4, 0.5) is 0 Å². The maximum absolute atomic E-state index is 13.4. The van der Waals surface area contributed by atoms with Crippen molar-refractivity contribution < 1.29 is 23.1 Å². The molecule has 1 saturated carbocycles. The average Bonchev–Trinajstić information content (AvgIpc) is 3.33. The zero-order valence-corrected chi connectivity index (χ0v) is 15.2. The molecule has 2 aliphatic heterocycles. The Labute approximate surface area is 152 Å². The van der Waals surface area contributed by atoms with Gasteiger partial charge in [-0.25, -0.2) is 8.42 Å². The van der Waals surface area contributed by atoms with Gasteiger partial charge in [0, 0.05) is 19.1 Å². The lowest BCUT2D eigenvalue weighted by atomic mass is 9.92. The van der Waals surface area contributed by atoms with E-state index in [-0.39, 0.29) is 24.0 Å². The number of carbonyl (C=O) groups excluding carboxylic acids is 1. The summed E-state index contributed by atoms with van der Waals surface area (Å²) in [7, 11) is -3.28. The molecule has 3 aliphatic rings. The smallest absolute Gasteiger partial charge is 0.317 e. The fourth-order valence-corrected chi connectivity index (χ4v) is 6.44. The topological polar surface area (TPSA) is 95.0 Å². The molecule has 0 unspecified atom stereocenters. The molecular formula is C18H22N2O5S. The van der Waals surface area contributed by atoms with Crippen LogP contribution in [0.25, 0.3) is 0 Å². The van der Waals surface area contributed by atoms with E-state index in [1.165, 1.54) is 0 Å². The normalized spacial score (nSPS) is 29.2. The minimum absolute atomic E-state index is 0.00854. The van der Waals surface area contributed by atoms with Crippen LogP contribution in [0.3, 0.4) is 0 Å². The molecular weight excluding hydrogens is 356 g/mol. The highest BCUT2D eigenvalue weighted by atomic mass is 32.2. The predicted octanol–water partition coefficient (Wildman–Crippen LogP) is 0.113. The van der Waals surface area contributed by atoms with Crippen LogP contribution in [0.15, 0.2) is 30.3 Å². The minimum Gasteiger partial charge on any atom is -0.480 e. The Hall–Kier alpha value is -1.93. The van der Waals surface area contributed by atoms with Crippen LogP contribution in [0, 0.1) is 0 Å². The second-order valence-corrected chi connectivity index (χ2v) is 9.68. The van der Waals surface area contributed by atoms with Gasteiger partial charge in [0.1, 0.15) is 0 Å². The van der Waals surface area contributed by atoms with E-state index < -0.39 is 33.3 Å². The van der Waals surface area contributed by atoms with Gasteiger partial charge in [-0.2, -0.15) is 0 Å². The number of carboxylic acid groups (broad SMARTS) is 1. The van der Waals surface area contributed by atoms with Gasteiger partial charge in [0.2, 0.25) is 5.91 Å². The molecule has 4 rings (SSSR count). The number of hydrogen-bond acceptors (Lipinski definition) is 5. The molecule has 2 saturated heterocycles. The zero-order valence-electron chi connectivity index (χ0n) is 14.4. The number of benzene rings is 1. The van der Waals surface area contributed by atoms with E-state index in [1.54, 1.807) is 9.80 Å². The molecule has 1 N–H and O–H groups in total. The number of hydrogen-bond donors (Lipinski definition) is 1. The summed E-state index contributed by atoms with van der Waals surface area (Å²) in [4.78, 5) is 27.9. The number of carboxylic acids is 1. The lowest BCUT2D eigenvalue weighted by Gasteiger charge is -2.44. The highest BCUT2D eigenvalue weighted by molar-refractivity contribution is 7.91. The Kier molecular flexibility index (Phi) is 4.07. The second-order valence-electron chi connectivity index (χ2n) is 7.52. The summed E-state index contributed by atoms with van der Waals surface area (Å²) in [5.41, 5.74) is 0.447. The molecule has 1 aromatic carbocycles. The van der Waals surface area contributed by atoms with Crippen molar-refractivity contribution in [2.45, 2.75) is 30.3 Å². The molecule has 26 heavy (non-hydrogen) atoms. The van der Waals surface area contributed by atoms with E-state index >= 15 is 0 Å². The van der Waals surface area contributed by atoms with Gasteiger partial charge in [0.25, 0.3) is 0 Å². The van der Waals surface area contributed by atoms with E-state index in [1.807, 2.05) is 30.3 Å². The first-order valence-corrected chi connectivity index (χ1v) is 10.7. The molecule has 1 aromatic rings. The first-order valence-electron chi connectivity index (χ1n) is 8.85. The molecule has 1 aliphatic carbocycles. The highest BCUT2D eigenvalue weighted by Crippen LogP contribution is 2.50. The van der Waals surface area contributed by atoms with Crippen LogP contribution in [-0.2, 0) is 24.8 Å². The summed E-state index contributed by atoms with van der Waals surface area (Å²) in [6.07, 6.45) is 1.55. The van der Waals surface area contributed by atoms with Gasteiger partial charge in [0.05, 0.1) is 29.5 Å². The third-order valence-corrected chi connectivity index (χ3v) is 7.57. The maximum atomic E-state index is 13.4. The standard InChI is InChI=1S/C18H22N2O5S/c21-16(22)10-19-8-9-20(15-12-26(24,25)11-14(15)19)17(23)18(6-7-18)13-4-2-1-3-5-13/h1-5,14-15H,6-12H2,(H,21,22)/t14-,15+/m1/s1. The number of carbonyl (C=O) groups is 2. The quantitative estimate of drug-likeness (QED) is 0.799. The van der Waals surface area contributed by atoms with Crippen LogP contribution in [-0.4, -0.2) is 78.4 Å². The summed E-state index contributed by atoms with van der Waals surface area (Å²) < 4.78 is 24.4. The fourth-order valence-electron chi connectivity index (χ4n) is 4.43. The first-order chi connectivity index (χ1) is 12.3. The molecule has 2 atom stereocenters.